The normalized spacial score (nSPS) is 11.0. The SMILES string of the molecule is C=CCn1c(SCC(=O)Nc2sc(C(C)C)cc2C(=O)OCC)nnc1-c1ccoc1C. The van der Waals surface area contributed by atoms with Crippen LogP contribution in [0.5, 0.6) is 0 Å². The number of aromatic nitrogens is 3. The van der Waals surface area contributed by atoms with Crippen molar-refractivity contribution in [3.63, 3.8) is 0 Å². The van der Waals surface area contributed by atoms with Gasteiger partial charge in [0.2, 0.25) is 5.91 Å². The fourth-order valence-electron chi connectivity index (χ4n) is 2.95. The molecular weight excluding hydrogens is 448 g/mol. The van der Waals surface area contributed by atoms with E-state index in [-0.39, 0.29) is 24.2 Å². The number of rotatable bonds is 10. The fourth-order valence-corrected chi connectivity index (χ4v) is 4.76. The first-order valence-electron chi connectivity index (χ1n) is 10.2. The van der Waals surface area contributed by atoms with Gasteiger partial charge in [0.15, 0.2) is 11.0 Å². The van der Waals surface area contributed by atoms with Crippen molar-refractivity contribution in [3.8, 4) is 11.4 Å². The molecule has 0 aliphatic heterocycles. The van der Waals surface area contributed by atoms with Crippen LogP contribution in [0.1, 0.15) is 47.7 Å². The Morgan fingerprint density at radius 2 is 2.19 bits per heavy atom. The topological polar surface area (TPSA) is 99.2 Å². The number of carbonyl (C=O) groups is 2. The Morgan fingerprint density at radius 3 is 2.81 bits per heavy atom. The van der Waals surface area contributed by atoms with Gasteiger partial charge < -0.3 is 14.5 Å². The number of furan rings is 1. The predicted molar refractivity (Wildman–Crippen MR) is 126 cm³/mol. The van der Waals surface area contributed by atoms with Crippen LogP contribution in [0.15, 0.2) is 40.6 Å². The number of amides is 1. The zero-order valence-electron chi connectivity index (χ0n) is 18.5. The average Bonchev–Trinajstić information content (AvgIpc) is 3.45. The fraction of sp³-hybridized carbons (Fsp3) is 0.364. The van der Waals surface area contributed by atoms with Gasteiger partial charge in [0.1, 0.15) is 10.8 Å². The molecule has 0 saturated carbocycles. The second-order valence-corrected chi connectivity index (χ2v) is 9.23. The van der Waals surface area contributed by atoms with Gasteiger partial charge in [-0.15, -0.1) is 28.1 Å². The number of aryl methyl sites for hydroxylation is 1. The van der Waals surface area contributed by atoms with E-state index in [2.05, 4.69) is 22.1 Å². The highest BCUT2D eigenvalue weighted by Crippen LogP contribution is 2.34. The second kappa shape index (κ2) is 10.6. The summed E-state index contributed by atoms with van der Waals surface area (Å²) in [5.74, 6) is 1.05. The van der Waals surface area contributed by atoms with Crippen molar-refractivity contribution in [2.45, 2.75) is 45.3 Å². The van der Waals surface area contributed by atoms with Crippen LogP contribution >= 0.6 is 23.1 Å². The van der Waals surface area contributed by atoms with Crippen molar-refractivity contribution >= 4 is 40.0 Å². The van der Waals surface area contributed by atoms with Crippen LogP contribution in [-0.4, -0.2) is 39.0 Å². The van der Waals surface area contributed by atoms with Crippen LogP contribution in [0.25, 0.3) is 11.4 Å². The Bertz CT molecular complexity index is 1110. The molecule has 0 saturated heterocycles. The molecule has 8 nitrogen and oxygen atoms in total. The standard InChI is InChI=1S/C22H26N4O4S2/c1-6-9-26-19(15-8-10-30-14(15)5)24-25-22(26)31-12-18(27)23-20-16(21(28)29-7-2)11-17(32-20)13(3)4/h6,8,10-11,13H,1,7,9,12H2,2-5H3,(H,23,27). The summed E-state index contributed by atoms with van der Waals surface area (Å²) in [6.45, 7) is 12.2. The highest BCUT2D eigenvalue weighted by atomic mass is 32.2. The number of hydrogen-bond acceptors (Lipinski definition) is 8. The van der Waals surface area contributed by atoms with Crippen LogP contribution in [0, 0.1) is 6.92 Å². The van der Waals surface area contributed by atoms with E-state index in [0.29, 0.717) is 28.1 Å². The van der Waals surface area contributed by atoms with Gasteiger partial charge in [-0.25, -0.2) is 4.79 Å². The summed E-state index contributed by atoms with van der Waals surface area (Å²) in [6, 6.07) is 3.62. The van der Waals surface area contributed by atoms with Crippen molar-refractivity contribution in [3.05, 3.63) is 47.3 Å². The number of nitrogens with zero attached hydrogens (tertiary/aromatic N) is 3. The molecule has 0 aliphatic carbocycles. The van der Waals surface area contributed by atoms with E-state index in [0.717, 1.165) is 16.2 Å². The molecule has 0 spiro atoms. The number of carbonyl (C=O) groups excluding carboxylic acids is 2. The minimum atomic E-state index is -0.440. The Balaban J connectivity index is 1.74. The molecule has 1 amide bonds. The van der Waals surface area contributed by atoms with Crippen LogP contribution in [0.2, 0.25) is 0 Å². The molecule has 3 aromatic rings. The van der Waals surface area contributed by atoms with E-state index < -0.39 is 5.97 Å². The first-order valence-corrected chi connectivity index (χ1v) is 12.0. The van der Waals surface area contributed by atoms with E-state index in [1.807, 2.05) is 31.4 Å². The maximum atomic E-state index is 12.7. The second-order valence-electron chi connectivity index (χ2n) is 7.20. The number of thioether (sulfide) groups is 1. The largest absolute Gasteiger partial charge is 0.469 e. The highest BCUT2D eigenvalue weighted by Gasteiger charge is 2.21. The molecule has 0 atom stereocenters. The Hall–Kier alpha value is -2.85. The van der Waals surface area contributed by atoms with Crippen LogP contribution in [-0.2, 0) is 16.1 Å². The van der Waals surface area contributed by atoms with Crippen LogP contribution in [0.3, 0.4) is 0 Å². The first-order chi connectivity index (χ1) is 15.3. The maximum absolute atomic E-state index is 12.7. The lowest BCUT2D eigenvalue weighted by Crippen LogP contribution is -2.16. The van der Waals surface area contributed by atoms with Gasteiger partial charge in [0, 0.05) is 11.4 Å². The lowest BCUT2D eigenvalue weighted by Gasteiger charge is -2.08. The molecule has 10 heteroatoms. The summed E-state index contributed by atoms with van der Waals surface area (Å²) in [5.41, 5.74) is 1.22. The van der Waals surface area contributed by atoms with Crippen molar-refractivity contribution in [2.24, 2.45) is 0 Å². The number of hydrogen-bond donors (Lipinski definition) is 1. The molecule has 32 heavy (non-hydrogen) atoms. The molecular formula is C22H26N4O4S2. The van der Waals surface area contributed by atoms with Gasteiger partial charge in [-0.1, -0.05) is 31.7 Å². The molecule has 0 radical (unpaired) electrons. The highest BCUT2D eigenvalue weighted by molar-refractivity contribution is 7.99. The van der Waals surface area contributed by atoms with E-state index in [1.54, 1.807) is 25.3 Å². The van der Waals surface area contributed by atoms with E-state index >= 15 is 0 Å². The van der Waals surface area contributed by atoms with Gasteiger partial charge in [0.25, 0.3) is 0 Å². The summed E-state index contributed by atoms with van der Waals surface area (Å²) in [4.78, 5) is 26.0. The molecule has 0 unspecified atom stereocenters. The van der Waals surface area contributed by atoms with Crippen LogP contribution < -0.4 is 5.32 Å². The summed E-state index contributed by atoms with van der Waals surface area (Å²) < 4.78 is 12.4. The number of thiophene rings is 1. The van der Waals surface area contributed by atoms with Crippen molar-refractivity contribution in [1.82, 2.24) is 14.8 Å². The molecule has 0 aromatic carbocycles. The quantitative estimate of drug-likeness (QED) is 0.247. The zero-order chi connectivity index (χ0) is 23.3. The number of nitrogens with one attached hydrogen (secondary N) is 1. The van der Waals surface area contributed by atoms with Gasteiger partial charge in [-0.3, -0.25) is 9.36 Å². The third-order valence-corrected chi connectivity index (χ3v) is 6.85. The summed E-state index contributed by atoms with van der Waals surface area (Å²) in [5, 5.41) is 12.5. The molecule has 1 N–H and O–H groups in total. The predicted octanol–water partition coefficient (Wildman–Crippen LogP) is 5.12. The average molecular weight is 475 g/mol. The molecule has 170 valence electrons. The van der Waals surface area contributed by atoms with Crippen LogP contribution in [0.4, 0.5) is 5.00 Å². The molecule has 3 heterocycles. The Labute approximate surface area is 195 Å². The minimum Gasteiger partial charge on any atom is -0.469 e. The molecule has 3 rings (SSSR count). The lowest BCUT2D eigenvalue weighted by atomic mass is 10.1. The van der Waals surface area contributed by atoms with Gasteiger partial charge in [-0.05, 0) is 31.9 Å². The number of allylic oxidation sites excluding steroid dienone is 1. The van der Waals surface area contributed by atoms with Crippen molar-refractivity contribution < 1.29 is 18.7 Å². The van der Waals surface area contributed by atoms with E-state index in [1.165, 1.54) is 23.1 Å². The van der Waals surface area contributed by atoms with Gasteiger partial charge in [-0.2, -0.15) is 0 Å². The summed E-state index contributed by atoms with van der Waals surface area (Å²) in [7, 11) is 0. The smallest absolute Gasteiger partial charge is 0.341 e. The minimum absolute atomic E-state index is 0.108. The number of anilines is 1. The third-order valence-electron chi connectivity index (χ3n) is 4.53. The molecule has 0 bridgehead atoms. The number of esters is 1. The van der Waals surface area contributed by atoms with Crippen molar-refractivity contribution in [2.75, 3.05) is 17.7 Å². The van der Waals surface area contributed by atoms with E-state index in [9.17, 15) is 9.59 Å². The first kappa shape index (κ1) is 23.8. The molecule has 3 aromatic heterocycles. The molecule has 0 aliphatic rings. The lowest BCUT2D eigenvalue weighted by molar-refractivity contribution is -0.113. The summed E-state index contributed by atoms with van der Waals surface area (Å²) >= 11 is 2.65. The summed E-state index contributed by atoms with van der Waals surface area (Å²) in [6.07, 6.45) is 3.35. The Morgan fingerprint density at radius 1 is 1.41 bits per heavy atom. The monoisotopic (exact) mass is 474 g/mol. The van der Waals surface area contributed by atoms with Gasteiger partial charge in [0.05, 0.1) is 29.7 Å². The van der Waals surface area contributed by atoms with Crippen molar-refractivity contribution in [1.29, 1.82) is 0 Å². The van der Waals surface area contributed by atoms with E-state index in [4.69, 9.17) is 9.15 Å². The third kappa shape index (κ3) is 5.31. The zero-order valence-corrected chi connectivity index (χ0v) is 20.1. The Kier molecular flexibility index (Phi) is 7.92. The molecule has 0 fully saturated rings. The maximum Gasteiger partial charge on any atom is 0.341 e. The van der Waals surface area contributed by atoms with Gasteiger partial charge >= 0.3 is 5.97 Å². The number of ether oxygens (including phenoxy) is 1.